The van der Waals surface area contributed by atoms with E-state index in [-0.39, 0.29) is 5.91 Å². The van der Waals surface area contributed by atoms with Gasteiger partial charge in [0.25, 0.3) is 0 Å². The van der Waals surface area contributed by atoms with E-state index in [9.17, 15) is 4.79 Å². The van der Waals surface area contributed by atoms with Crippen molar-refractivity contribution in [3.8, 4) is 0 Å². The van der Waals surface area contributed by atoms with Gasteiger partial charge in [0, 0.05) is 20.2 Å². The topological polar surface area (TPSA) is 20.3 Å². The van der Waals surface area contributed by atoms with Gasteiger partial charge in [-0.3, -0.25) is 4.79 Å². The van der Waals surface area contributed by atoms with E-state index in [1.165, 1.54) is 18.4 Å². The minimum Gasteiger partial charge on any atom is -0.345 e. The van der Waals surface area contributed by atoms with Crippen LogP contribution in [0.2, 0.25) is 0 Å². The highest BCUT2D eigenvalue weighted by molar-refractivity contribution is 5.87. The summed E-state index contributed by atoms with van der Waals surface area (Å²) in [4.78, 5) is 12.9. The maximum Gasteiger partial charge on any atom is 0.245 e. The molecular formula is C11H21NO. The summed E-state index contributed by atoms with van der Waals surface area (Å²) >= 11 is 0. The molecular weight excluding hydrogens is 162 g/mol. The molecule has 0 unspecified atom stereocenters. The number of hydrogen-bond donors (Lipinski definition) is 0. The van der Waals surface area contributed by atoms with Crippen molar-refractivity contribution in [1.29, 1.82) is 0 Å². The number of likely N-dealkylation sites (N-methyl/N-ethyl adjacent to an activating group) is 1. The van der Waals surface area contributed by atoms with Crippen molar-refractivity contribution in [3.05, 3.63) is 11.6 Å². The molecule has 13 heavy (non-hydrogen) atoms. The van der Waals surface area contributed by atoms with Gasteiger partial charge in [-0.2, -0.15) is 0 Å². The van der Waals surface area contributed by atoms with Crippen LogP contribution in [0.25, 0.3) is 0 Å². The third-order valence-electron chi connectivity index (χ3n) is 2.07. The molecule has 0 aromatic heterocycles. The van der Waals surface area contributed by atoms with Gasteiger partial charge in [0.15, 0.2) is 0 Å². The lowest BCUT2D eigenvalue weighted by Crippen LogP contribution is -2.19. The Hall–Kier alpha value is -0.790. The Morgan fingerprint density at radius 1 is 1.31 bits per heavy atom. The van der Waals surface area contributed by atoms with Crippen LogP contribution in [0.5, 0.6) is 0 Å². The Morgan fingerprint density at radius 2 is 1.92 bits per heavy atom. The quantitative estimate of drug-likeness (QED) is 0.600. The van der Waals surface area contributed by atoms with E-state index in [0.717, 1.165) is 12.8 Å². The van der Waals surface area contributed by atoms with E-state index < -0.39 is 0 Å². The molecule has 0 aliphatic heterocycles. The van der Waals surface area contributed by atoms with Gasteiger partial charge >= 0.3 is 0 Å². The molecule has 0 heterocycles. The third-order valence-corrected chi connectivity index (χ3v) is 2.07. The number of rotatable bonds is 5. The molecule has 0 aliphatic carbocycles. The van der Waals surface area contributed by atoms with Crippen molar-refractivity contribution in [2.45, 2.75) is 39.5 Å². The van der Waals surface area contributed by atoms with Gasteiger partial charge in [-0.15, -0.1) is 0 Å². The van der Waals surface area contributed by atoms with Crippen molar-refractivity contribution in [2.24, 2.45) is 0 Å². The summed E-state index contributed by atoms with van der Waals surface area (Å²) in [5, 5.41) is 0. The van der Waals surface area contributed by atoms with Crippen LogP contribution < -0.4 is 0 Å². The summed E-state index contributed by atoms with van der Waals surface area (Å²) in [5.74, 6) is 0.105. The van der Waals surface area contributed by atoms with Gasteiger partial charge in [-0.05, 0) is 19.3 Å². The maximum atomic E-state index is 11.3. The minimum absolute atomic E-state index is 0.105. The number of nitrogens with zero attached hydrogens (tertiary/aromatic N) is 1. The van der Waals surface area contributed by atoms with E-state index in [2.05, 4.69) is 13.8 Å². The molecule has 0 saturated carbocycles. The predicted molar refractivity (Wildman–Crippen MR) is 56.6 cm³/mol. The summed E-state index contributed by atoms with van der Waals surface area (Å²) in [5.41, 5.74) is 1.26. The Bertz CT molecular complexity index is 183. The fraction of sp³-hybridized carbons (Fsp3) is 0.727. The van der Waals surface area contributed by atoms with Gasteiger partial charge in [0.05, 0.1) is 0 Å². The van der Waals surface area contributed by atoms with Gasteiger partial charge < -0.3 is 4.90 Å². The van der Waals surface area contributed by atoms with E-state index in [4.69, 9.17) is 0 Å². The first-order chi connectivity index (χ1) is 6.11. The fourth-order valence-corrected chi connectivity index (χ4v) is 1.06. The molecule has 0 bridgehead atoms. The summed E-state index contributed by atoms with van der Waals surface area (Å²) in [7, 11) is 3.57. The molecule has 0 spiro atoms. The van der Waals surface area contributed by atoms with Crippen LogP contribution in [0, 0.1) is 0 Å². The molecule has 1 amide bonds. The molecule has 0 aromatic rings. The third kappa shape index (κ3) is 5.45. The zero-order valence-corrected chi connectivity index (χ0v) is 9.26. The number of carbonyl (C=O) groups is 1. The van der Waals surface area contributed by atoms with Crippen molar-refractivity contribution >= 4 is 5.91 Å². The molecule has 0 radical (unpaired) electrons. The highest BCUT2D eigenvalue weighted by atomic mass is 16.2. The second kappa shape index (κ2) is 6.70. The molecule has 0 saturated heterocycles. The van der Waals surface area contributed by atoms with Crippen molar-refractivity contribution in [3.63, 3.8) is 0 Å². The summed E-state index contributed by atoms with van der Waals surface area (Å²) in [6, 6.07) is 0. The Morgan fingerprint density at radius 3 is 2.31 bits per heavy atom. The largest absolute Gasteiger partial charge is 0.345 e. The molecule has 2 heteroatoms. The zero-order valence-electron chi connectivity index (χ0n) is 9.26. The molecule has 0 N–H and O–H groups in total. The normalized spacial score (nSPS) is 11.5. The predicted octanol–water partition coefficient (Wildman–Crippen LogP) is 2.60. The van der Waals surface area contributed by atoms with Gasteiger partial charge in [0.1, 0.15) is 0 Å². The molecule has 0 rings (SSSR count). The van der Waals surface area contributed by atoms with Crippen LogP contribution in [0.15, 0.2) is 11.6 Å². The monoisotopic (exact) mass is 183 g/mol. The highest BCUT2D eigenvalue weighted by Gasteiger charge is 2.01. The van der Waals surface area contributed by atoms with Gasteiger partial charge in [-0.25, -0.2) is 0 Å². The zero-order chi connectivity index (χ0) is 10.3. The van der Waals surface area contributed by atoms with Crippen molar-refractivity contribution < 1.29 is 4.79 Å². The smallest absolute Gasteiger partial charge is 0.245 e. The van der Waals surface area contributed by atoms with E-state index in [0.29, 0.717) is 0 Å². The van der Waals surface area contributed by atoms with Crippen molar-refractivity contribution in [1.82, 2.24) is 4.90 Å². The summed E-state index contributed by atoms with van der Waals surface area (Å²) < 4.78 is 0. The number of unbranched alkanes of at least 4 members (excludes halogenated alkanes) is 1. The molecule has 0 aromatic carbocycles. The van der Waals surface area contributed by atoms with Crippen LogP contribution in [0.3, 0.4) is 0 Å². The SMILES string of the molecule is CCCCC(=CC(=O)N(C)C)CC. The molecule has 0 fully saturated rings. The van der Waals surface area contributed by atoms with Gasteiger partial charge in [0.2, 0.25) is 5.91 Å². The van der Waals surface area contributed by atoms with Crippen molar-refractivity contribution in [2.75, 3.05) is 14.1 Å². The van der Waals surface area contributed by atoms with Gasteiger partial charge in [-0.1, -0.05) is 25.8 Å². The molecule has 0 atom stereocenters. The van der Waals surface area contributed by atoms with Crippen LogP contribution in [-0.2, 0) is 4.79 Å². The number of amides is 1. The lowest BCUT2D eigenvalue weighted by atomic mass is 10.1. The highest BCUT2D eigenvalue weighted by Crippen LogP contribution is 2.10. The second-order valence-electron chi connectivity index (χ2n) is 3.49. The number of allylic oxidation sites excluding steroid dienone is 1. The minimum atomic E-state index is 0.105. The lowest BCUT2D eigenvalue weighted by Gasteiger charge is -2.08. The summed E-state index contributed by atoms with van der Waals surface area (Å²) in [6.45, 7) is 4.27. The Kier molecular flexibility index (Phi) is 6.29. The first-order valence-electron chi connectivity index (χ1n) is 5.02. The summed E-state index contributed by atoms with van der Waals surface area (Å²) in [6.07, 6.45) is 6.19. The Labute approximate surface area is 81.6 Å². The Balaban J connectivity index is 4.12. The van der Waals surface area contributed by atoms with Crippen LogP contribution in [0.1, 0.15) is 39.5 Å². The fourth-order valence-electron chi connectivity index (χ4n) is 1.06. The van der Waals surface area contributed by atoms with E-state index >= 15 is 0 Å². The average molecular weight is 183 g/mol. The standard InChI is InChI=1S/C11H21NO/c1-5-7-8-10(6-2)9-11(13)12(3)4/h9H,5-8H2,1-4H3. The van der Waals surface area contributed by atoms with Crippen LogP contribution in [-0.4, -0.2) is 24.9 Å². The maximum absolute atomic E-state index is 11.3. The number of carbonyl (C=O) groups excluding carboxylic acids is 1. The lowest BCUT2D eigenvalue weighted by molar-refractivity contribution is -0.123. The van der Waals surface area contributed by atoms with E-state index in [1.54, 1.807) is 25.1 Å². The first kappa shape index (κ1) is 12.2. The van der Waals surface area contributed by atoms with E-state index in [1.807, 2.05) is 0 Å². The van der Waals surface area contributed by atoms with Crippen LogP contribution >= 0.6 is 0 Å². The molecule has 76 valence electrons. The number of hydrogen-bond acceptors (Lipinski definition) is 1. The second-order valence-corrected chi connectivity index (χ2v) is 3.49. The van der Waals surface area contributed by atoms with Crippen LogP contribution in [0.4, 0.5) is 0 Å². The average Bonchev–Trinajstić information content (AvgIpc) is 2.11. The molecule has 2 nitrogen and oxygen atoms in total. The molecule has 0 aliphatic rings. The first-order valence-corrected chi connectivity index (χ1v) is 5.02.